The summed E-state index contributed by atoms with van der Waals surface area (Å²) in [6, 6.07) is 15.3. The highest BCUT2D eigenvalue weighted by Crippen LogP contribution is 2.38. The lowest BCUT2D eigenvalue weighted by Gasteiger charge is -2.35. The molecule has 0 saturated heterocycles. The Morgan fingerprint density at radius 2 is 1.83 bits per heavy atom. The van der Waals surface area contributed by atoms with Crippen molar-refractivity contribution >= 4 is 23.4 Å². The lowest BCUT2D eigenvalue weighted by molar-refractivity contribution is 0.204. The minimum Gasteiger partial charge on any atom is -0.494 e. The molecule has 35 heavy (non-hydrogen) atoms. The van der Waals surface area contributed by atoms with Crippen molar-refractivity contribution in [2.75, 3.05) is 19.4 Å². The first kappa shape index (κ1) is 24.9. The molecule has 1 aliphatic rings. The highest BCUT2D eigenvalue weighted by atomic mass is 32.2. The van der Waals surface area contributed by atoms with E-state index in [1.807, 2.05) is 68.6 Å². The van der Waals surface area contributed by atoms with Crippen molar-refractivity contribution in [2.45, 2.75) is 51.0 Å². The number of nitrogens with one attached hydrogen (secondary N) is 1. The fraction of sp³-hybridized carbons (Fsp3) is 0.370. The van der Waals surface area contributed by atoms with E-state index in [1.54, 1.807) is 16.7 Å². The van der Waals surface area contributed by atoms with Crippen molar-refractivity contribution in [1.29, 1.82) is 0 Å². The number of hydrogen-bond donors (Lipinski definition) is 1. The molecule has 0 aliphatic carbocycles. The van der Waals surface area contributed by atoms with E-state index in [4.69, 9.17) is 14.2 Å². The largest absolute Gasteiger partial charge is 0.494 e. The van der Waals surface area contributed by atoms with Crippen LogP contribution in [0.25, 0.3) is 17.0 Å². The fourth-order valence-electron chi connectivity index (χ4n) is 4.21. The summed E-state index contributed by atoms with van der Waals surface area (Å²) in [6.07, 6.45) is 5.12. The molecule has 0 bridgehead atoms. The quantitative estimate of drug-likeness (QED) is 0.255. The summed E-state index contributed by atoms with van der Waals surface area (Å²) in [5.74, 6) is 1.72. The van der Waals surface area contributed by atoms with Gasteiger partial charge < -0.3 is 14.6 Å². The molecule has 1 N–H and O–H groups in total. The summed E-state index contributed by atoms with van der Waals surface area (Å²) < 4.78 is 11.4. The van der Waals surface area contributed by atoms with Crippen molar-refractivity contribution in [1.82, 2.24) is 20.4 Å². The van der Waals surface area contributed by atoms with Crippen LogP contribution in [-0.4, -0.2) is 40.5 Å². The smallest absolute Gasteiger partial charge is 0.322 e. The predicted octanol–water partition coefficient (Wildman–Crippen LogP) is 6.54. The van der Waals surface area contributed by atoms with Crippen LogP contribution in [0.1, 0.15) is 57.5 Å². The van der Waals surface area contributed by atoms with Gasteiger partial charge in [-0.15, -0.1) is 11.8 Å². The number of rotatable bonds is 10. The van der Waals surface area contributed by atoms with E-state index in [9.17, 15) is 4.79 Å². The molecule has 8 heteroatoms. The molecule has 4 rings (SSSR count). The predicted molar refractivity (Wildman–Crippen MR) is 139 cm³/mol. The van der Waals surface area contributed by atoms with Gasteiger partial charge in [0.05, 0.1) is 18.2 Å². The third-order valence-electron chi connectivity index (χ3n) is 6.11. The van der Waals surface area contributed by atoms with E-state index in [-0.39, 0.29) is 6.03 Å². The molecule has 0 saturated carbocycles. The number of thioether (sulfide) groups is 1. The molecule has 184 valence electrons. The third kappa shape index (κ3) is 5.53. The molecular weight excluding hydrogens is 460 g/mol. The molecule has 2 aromatic carbocycles. The summed E-state index contributed by atoms with van der Waals surface area (Å²) in [6.45, 7) is 7.30. The monoisotopic (exact) mass is 492 g/mol. The normalized spacial score (nSPS) is 15.9. The number of benzene rings is 2. The van der Waals surface area contributed by atoms with Crippen molar-refractivity contribution < 1.29 is 14.1 Å². The first-order valence-corrected chi connectivity index (χ1v) is 13.3. The molecule has 7 nitrogen and oxygen atoms in total. The average molecular weight is 493 g/mol. The maximum Gasteiger partial charge on any atom is 0.322 e. The van der Waals surface area contributed by atoms with Crippen molar-refractivity contribution in [3.63, 3.8) is 0 Å². The minimum absolute atomic E-state index is 0.117. The number of amides is 2. The topological polar surface area (TPSA) is 80.5 Å². The molecule has 2 heterocycles. The summed E-state index contributed by atoms with van der Waals surface area (Å²) >= 11 is 1.68. The van der Waals surface area contributed by atoms with Gasteiger partial charge in [-0.1, -0.05) is 37.1 Å². The molecule has 0 fully saturated rings. The average Bonchev–Trinajstić information content (AvgIpc) is 3.36. The number of aromatic nitrogens is 2. The molecule has 1 aromatic heterocycles. The summed E-state index contributed by atoms with van der Waals surface area (Å²) in [7, 11) is 0. The Kier molecular flexibility index (Phi) is 8.13. The maximum absolute atomic E-state index is 13.1. The second-order valence-corrected chi connectivity index (χ2v) is 9.27. The molecule has 0 radical (unpaired) electrons. The van der Waals surface area contributed by atoms with E-state index in [2.05, 4.69) is 17.4 Å². The summed E-state index contributed by atoms with van der Waals surface area (Å²) in [5.41, 5.74) is 3.45. The van der Waals surface area contributed by atoms with Gasteiger partial charge in [0, 0.05) is 22.7 Å². The number of urea groups is 1. The van der Waals surface area contributed by atoms with E-state index < -0.39 is 6.04 Å². The molecular formula is C27H32N4O3S. The van der Waals surface area contributed by atoms with Crippen LogP contribution in [-0.2, 0) is 0 Å². The van der Waals surface area contributed by atoms with Crippen LogP contribution in [0.2, 0.25) is 0 Å². The van der Waals surface area contributed by atoms with Crippen molar-refractivity contribution in [2.24, 2.45) is 0 Å². The summed E-state index contributed by atoms with van der Waals surface area (Å²) in [4.78, 5) is 20.8. The minimum atomic E-state index is -0.409. The SMILES string of the molecule is CCCCCN1C(=O)NC(c2ccc(OCC)cc2)C(c2nc(-c3ccc(SC)cc3)no2)=C1C. The maximum atomic E-state index is 13.1. The number of nitrogens with zero attached hydrogens (tertiary/aromatic N) is 3. The van der Waals surface area contributed by atoms with Crippen molar-refractivity contribution in [3.8, 4) is 17.1 Å². The number of carbonyl (C=O) groups excluding carboxylic acids is 1. The Morgan fingerprint density at radius 3 is 2.49 bits per heavy atom. The molecule has 2 amide bonds. The Balaban J connectivity index is 1.72. The van der Waals surface area contributed by atoms with Crippen LogP contribution in [0.4, 0.5) is 4.79 Å². The van der Waals surface area contributed by atoms with Gasteiger partial charge in [-0.25, -0.2) is 4.79 Å². The Hall–Kier alpha value is -3.26. The first-order chi connectivity index (χ1) is 17.0. The van der Waals surface area contributed by atoms with E-state index in [0.717, 1.165) is 47.4 Å². The zero-order valence-corrected chi connectivity index (χ0v) is 21.5. The second-order valence-electron chi connectivity index (χ2n) is 8.39. The first-order valence-electron chi connectivity index (χ1n) is 12.1. The highest BCUT2D eigenvalue weighted by molar-refractivity contribution is 7.98. The van der Waals surface area contributed by atoms with Gasteiger partial charge in [-0.3, -0.25) is 4.90 Å². The zero-order valence-electron chi connectivity index (χ0n) is 20.7. The van der Waals surface area contributed by atoms with E-state index in [1.165, 1.54) is 4.90 Å². The van der Waals surface area contributed by atoms with Crippen molar-refractivity contribution in [3.05, 3.63) is 65.7 Å². The number of unbranched alkanes of at least 4 members (excludes halogenated alkanes) is 2. The van der Waals surface area contributed by atoms with Crippen LogP contribution in [0.5, 0.6) is 5.75 Å². The van der Waals surface area contributed by atoms with Gasteiger partial charge in [0.1, 0.15) is 5.75 Å². The number of hydrogen-bond acceptors (Lipinski definition) is 6. The van der Waals surface area contributed by atoms with Gasteiger partial charge in [0.15, 0.2) is 0 Å². The van der Waals surface area contributed by atoms with Gasteiger partial charge in [-0.2, -0.15) is 4.98 Å². The lowest BCUT2D eigenvalue weighted by atomic mass is 9.94. The van der Waals surface area contributed by atoms with E-state index >= 15 is 0 Å². The van der Waals surface area contributed by atoms with Crippen LogP contribution in [0.15, 0.2) is 63.6 Å². The number of ether oxygens (including phenoxy) is 1. The Bertz CT molecular complexity index is 1170. The third-order valence-corrected chi connectivity index (χ3v) is 6.85. The molecule has 1 unspecified atom stereocenters. The molecule has 1 atom stereocenters. The van der Waals surface area contributed by atoms with Gasteiger partial charge in [0.25, 0.3) is 5.89 Å². The fourth-order valence-corrected chi connectivity index (χ4v) is 4.62. The summed E-state index contributed by atoms with van der Waals surface area (Å²) in [5, 5.41) is 7.42. The zero-order chi connectivity index (χ0) is 24.8. The highest BCUT2D eigenvalue weighted by Gasteiger charge is 2.35. The standard InChI is InChI=1S/C27H32N4O3S/c1-5-7-8-17-31-18(3)23(24(28-27(31)32)19-9-13-21(14-10-19)33-6-2)26-29-25(30-34-26)20-11-15-22(35-4)16-12-20/h9-16,24H,5-8,17H2,1-4H3,(H,28,32). The molecule has 1 aliphatic heterocycles. The van der Waals surface area contributed by atoms with Gasteiger partial charge in [0.2, 0.25) is 5.82 Å². The van der Waals surface area contributed by atoms with Crippen LogP contribution < -0.4 is 10.1 Å². The van der Waals surface area contributed by atoms with Gasteiger partial charge >= 0.3 is 6.03 Å². The lowest BCUT2D eigenvalue weighted by Crippen LogP contribution is -2.46. The number of carbonyl (C=O) groups is 1. The Morgan fingerprint density at radius 1 is 1.09 bits per heavy atom. The van der Waals surface area contributed by atoms with Crippen LogP contribution >= 0.6 is 11.8 Å². The van der Waals surface area contributed by atoms with Gasteiger partial charge in [-0.05, 0) is 68.5 Å². The Labute approximate surface area is 210 Å². The number of allylic oxidation sites excluding steroid dienone is 1. The molecule has 0 spiro atoms. The van der Waals surface area contributed by atoms with E-state index in [0.29, 0.717) is 24.9 Å². The molecule has 3 aromatic rings. The van der Waals surface area contributed by atoms with Crippen LogP contribution in [0.3, 0.4) is 0 Å². The second kappa shape index (κ2) is 11.4. The van der Waals surface area contributed by atoms with Crippen LogP contribution in [0, 0.1) is 0 Å².